The van der Waals surface area contributed by atoms with Gasteiger partial charge < -0.3 is 10.5 Å². The van der Waals surface area contributed by atoms with Crippen molar-refractivity contribution in [3.63, 3.8) is 0 Å². The number of amides is 1. The van der Waals surface area contributed by atoms with Crippen molar-refractivity contribution in [3.05, 3.63) is 26.6 Å². The number of ether oxygens (including phenoxy) is 1. The quantitative estimate of drug-likeness (QED) is 0.780. The van der Waals surface area contributed by atoms with Gasteiger partial charge in [-0.15, -0.1) is 0 Å². The average Bonchev–Trinajstić information content (AvgIpc) is 2.30. The largest absolute Gasteiger partial charge is 0.492 e. The van der Waals surface area contributed by atoms with Gasteiger partial charge in [0.15, 0.2) is 0 Å². The van der Waals surface area contributed by atoms with E-state index in [0.29, 0.717) is 13.2 Å². The molecule has 0 fully saturated rings. The van der Waals surface area contributed by atoms with Crippen LogP contribution in [0.3, 0.4) is 0 Å². The minimum absolute atomic E-state index is 0.389. The molecule has 106 valence electrons. The summed E-state index contributed by atoms with van der Waals surface area (Å²) in [4.78, 5) is 11.3. The molecule has 1 aromatic rings. The Kier molecular flexibility index (Phi) is 5.82. The highest BCUT2D eigenvalue weighted by molar-refractivity contribution is 9.11. The lowest BCUT2D eigenvalue weighted by Crippen LogP contribution is -2.50. The number of primary amides is 1. The molecule has 0 radical (unpaired) electrons. The standard InChI is InChI=1S/C13H18Br2N2O2/c1-4-19-11-8(5-9(14)6-10(11)15)7-17-13(2,3)12(16)18/h5-6,17H,4,7H2,1-3H3,(H2,16,18). The van der Waals surface area contributed by atoms with Crippen LogP contribution in [0.15, 0.2) is 21.1 Å². The van der Waals surface area contributed by atoms with Crippen molar-refractivity contribution in [2.24, 2.45) is 5.73 Å². The molecule has 0 heterocycles. The summed E-state index contributed by atoms with van der Waals surface area (Å²) >= 11 is 6.92. The van der Waals surface area contributed by atoms with Gasteiger partial charge in [-0.3, -0.25) is 10.1 Å². The summed E-state index contributed by atoms with van der Waals surface area (Å²) in [6, 6.07) is 3.88. The molecule has 0 aliphatic heterocycles. The SMILES string of the molecule is CCOc1c(Br)cc(Br)cc1CNC(C)(C)C(N)=O. The van der Waals surface area contributed by atoms with Gasteiger partial charge in [-0.05, 0) is 48.8 Å². The van der Waals surface area contributed by atoms with Gasteiger partial charge in [0.25, 0.3) is 0 Å². The molecule has 1 aromatic carbocycles. The number of nitrogens with two attached hydrogens (primary N) is 1. The number of carbonyl (C=O) groups excluding carboxylic acids is 1. The van der Waals surface area contributed by atoms with Crippen LogP contribution in [0, 0.1) is 0 Å². The summed E-state index contributed by atoms with van der Waals surface area (Å²) in [6.07, 6.45) is 0. The Morgan fingerprint density at radius 1 is 1.42 bits per heavy atom. The van der Waals surface area contributed by atoms with Crippen molar-refractivity contribution in [1.29, 1.82) is 0 Å². The number of halogens is 2. The molecule has 1 rings (SSSR count). The summed E-state index contributed by atoms with van der Waals surface area (Å²) in [7, 11) is 0. The van der Waals surface area contributed by atoms with Crippen LogP contribution in [0.4, 0.5) is 0 Å². The highest BCUT2D eigenvalue weighted by atomic mass is 79.9. The summed E-state index contributed by atoms with van der Waals surface area (Å²) in [5, 5.41) is 3.13. The predicted molar refractivity (Wildman–Crippen MR) is 83.1 cm³/mol. The van der Waals surface area contributed by atoms with E-state index in [4.69, 9.17) is 10.5 Å². The van der Waals surface area contributed by atoms with Crippen LogP contribution >= 0.6 is 31.9 Å². The Balaban J connectivity index is 2.97. The van der Waals surface area contributed by atoms with E-state index in [1.54, 1.807) is 13.8 Å². The highest BCUT2D eigenvalue weighted by Crippen LogP contribution is 2.33. The molecule has 0 atom stereocenters. The monoisotopic (exact) mass is 392 g/mol. The molecular formula is C13H18Br2N2O2. The Labute approximate surface area is 130 Å². The number of nitrogens with one attached hydrogen (secondary N) is 1. The molecule has 0 bridgehead atoms. The second-order valence-electron chi connectivity index (χ2n) is 4.65. The first kappa shape index (κ1) is 16.5. The number of carbonyl (C=O) groups is 1. The zero-order valence-electron chi connectivity index (χ0n) is 11.2. The number of hydrogen-bond acceptors (Lipinski definition) is 3. The minimum atomic E-state index is -0.766. The fourth-order valence-corrected chi connectivity index (χ4v) is 2.88. The van der Waals surface area contributed by atoms with Crippen LogP contribution in [-0.2, 0) is 11.3 Å². The third-order valence-electron chi connectivity index (χ3n) is 2.71. The first-order valence-electron chi connectivity index (χ1n) is 5.93. The van der Waals surface area contributed by atoms with E-state index < -0.39 is 5.54 Å². The molecule has 0 spiro atoms. The molecule has 3 N–H and O–H groups in total. The van der Waals surface area contributed by atoms with Crippen molar-refractivity contribution >= 4 is 37.8 Å². The van der Waals surface area contributed by atoms with E-state index in [1.165, 1.54) is 0 Å². The summed E-state index contributed by atoms with van der Waals surface area (Å²) in [6.45, 7) is 6.50. The first-order valence-corrected chi connectivity index (χ1v) is 7.52. The Morgan fingerprint density at radius 2 is 2.05 bits per heavy atom. The van der Waals surface area contributed by atoms with Crippen LogP contribution in [0.5, 0.6) is 5.75 Å². The fourth-order valence-electron chi connectivity index (χ4n) is 1.45. The second kappa shape index (κ2) is 6.72. The van der Waals surface area contributed by atoms with Crippen LogP contribution in [0.25, 0.3) is 0 Å². The van der Waals surface area contributed by atoms with E-state index in [-0.39, 0.29) is 5.91 Å². The van der Waals surface area contributed by atoms with Gasteiger partial charge in [0.05, 0.1) is 16.6 Å². The fraction of sp³-hybridized carbons (Fsp3) is 0.462. The normalized spacial score (nSPS) is 11.4. The molecular weight excluding hydrogens is 376 g/mol. The van der Waals surface area contributed by atoms with E-state index in [1.807, 2.05) is 19.1 Å². The van der Waals surface area contributed by atoms with Gasteiger partial charge in [-0.2, -0.15) is 0 Å². The smallest absolute Gasteiger partial charge is 0.237 e. The van der Waals surface area contributed by atoms with Crippen LogP contribution in [0.1, 0.15) is 26.3 Å². The lowest BCUT2D eigenvalue weighted by atomic mass is 10.0. The molecule has 0 saturated heterocycles. The zero-order valence-corrected chi connectivity index (χ0v) is 14.4. The maximum atomic E-state index is 11.3. The maximum Gasteiger partial charge on any atom is 0.237 e. The molecule has 0 unspecified atom stereocenters. The maximum absolute atomic E-state index is 11.3. The second-order valence-corrected chi connectivity index (χ2v) is 6.42. The molecule has 4 nitrogen and oxygen atoms in total. The van der Waals surface area contributed by atoms with Gasteiger partial charge >= 0.3 is 0 Å². The lowest BCUT2D eigenvalue weighted by Gasteiger charge is -2.23. The predicted octanol–water partition coefficient (Wildman–Crippen LogP) is 2.96. The molecule has 0 aliphatic carbocycles. The molecule has 1 amide bonds. The van der Waals surface area contributed by atoms with E-state index >= 15 is 0 Å². The average molecular weight is 394 g/mol. The van der Waals surface area contributed by atoms with Crippen LogP contribution in [-0.4, -0.2) is 18.1 Å². The van der Waals surface area contributed by atoms with Crippen molar-refractivity contribution in [1.82, 2.24) is 5.32 Å². The molecule has 19 heavy (non-hydrogen) atoms. The Hall–Kier alpha value is -0.590. The van der Waals surface area contributed by atoms with Gasteiger partial charge in [0.1, 0.15) is 5.75 Å². The van der Waals surface area contributed by atoms with Gasteiger partial charge in [-0.1, -0.05) is 15.9 Å². The first-order chi connectivity index (χ1) is 8.77. The summed E-state index contributed by atoms with van der Waals surface area (Å²) in [5.74, 6) is 0.387. The molecule has 0 saturated carbocycles. The van der Waals surface area contributed by atoms with Gasteiger partial charge in [-0.25, -0.2) is 0 Å². The number of rotatable bonds is 6. The zero-order chi connectivity index (χ0) is 14.6. The lowest BCUT2D eigenvalue weighted by molar-refractivity contribution is -0.123. The third-order valence-corrected chi connectivity index (χ3v) is 3.76. The van der Waals surface area contributed by atoms with Crippen molar-refractivity contribution in [2.45, 2.75) is 32.9 Å². The van der Waals surface area contributed by atoms with E-state index in [0.717, 1.165) is 20.3 Å². The van der Waals surface area contributed by atoms with Crippen molar-refractivity contribution in [2.75, 3.05) is 6.61 Å². The summed E-state index contributed by atoms with van der Waals surface area (Å²) < 4.78 is 7.44. The van der Waals surface area contributed by atoms with Crippen molar-refractivity contribution in [3.8, 4) is 5.75 Å². The van der Waals surface area contributed by atoms with Gasteiger partial charge in [0.2, 0.25) is 5.91 Å². The number of benzene rings is 1. The van der Waals surface area contributed by atoms with E-state index in [2.05, 4.69) is 37.2 Å². The van der Waals surface area contributed by atoms with E-state index in [9.17, 15) is 4.79 Å². The highest BCUT2D eigenvalue weighted by Gasteiger charge is 2.24. The molecule has 0 aromatic heterocycles. The van der Waals surface area contributed by atoms with Gasteiger partial charge in [0, 0.05) is 16.6 Å². The topological polar surface area (TPSA) is 64.3 Å². The third kappa shape index (κ3) is 4.47. The van der Waals surface area contributed by atoms with Crippen molar-refractivity contribution < 1.29 is 9.53 Å². The molecule has 6 heteroatoms. The minimum Gasteiger partial charge on any atom is -0.492 e. The summed E-state index contributed by atoms with van der Waals surface area (Å²) in [5.41, 5.74) is 5.53. The van der Waals surface area contributed by atoms with Crippen LogP contribution < -0.4 is 15.8 Å². The van der Waals surface area contributed by atoms with Crippen LogP contribution in [0.2, 0.25) is 0 Å². The Bertz CT molecular complexity index is 476. The molecule has 0 aliphatic rings. The Morgan fingerprint density at radius 3 is 2.58 bits per heavy atom. The number of hydrogen-bond donors (Lipinski definition) is 2.